The number of amides is 1. The zero-order chi connectivity index (χ0) is 14.5. The molecule has 1 aliphatic carbocycles. The first-order valence-electron chi connectivity index (χ1n) is 8.09. The number of piperazine rings is 1. The van der Waals surface area contributed by atoms with Gasteiger partial charge in [0.1, 0.15) is 0 Å². The molecule has 2 aliphatic rings. The first-order chi connectivity index (χ1) is 10.3. The molecule has 2 fully saturated rings. The number of nitrogens with zero attached hydrogens (tertiary/aromatic N) is 1. The minimum Gasteiger partial charge on any atom is -0.354 e. The Morgan fingerprint density at radius 2 is 1.90 bits per heavy atom. The minimum absolute atomic E-state index is 0.186. The van der Waals surface area contributed by atoms with Crippen LogP contribution < -0.4 is 10.6 Å². The lowest BCUT2D eigenvalue weighted by Gasteiger charge is -2.38. The molecule has 3 rings (SSSR count). The number of benzene rings is 1. The van der Waals surface area contributed by atoms with Crippen molar-refractivity contribution in [1.82, 2.24) is 15.5 Å². The Bertz CT molecular complexity index is 454. The summed E-state index contributed by atoms with van der Waals surface area (Å²) in [6.45, 7) is 3.37. The molecule has 4 nitrogen and oxygen atoms in total. The molecule has 0 atom stereocenters. The van der Waals surface area contributed by atoms with Crippen LogP contribution in [-0.2, 0) is 11.3 Å². The summed E-state index contributed by atoms with van der Waals surface area (Å²) in [5.74, 6) is 0.186. The van der Waals surface area contributed by atoms with Crippen LogP contribution in [-0.4, -0.2) is 42.5 Å². The molecule has 2 N–H and O–H groups in total. The van der Waals surface area contributed by atoms with Crippen molar-refractivity contribution in [3.05, 3.63) is 35.9 Å². The fourth-order valence-electron chi connectivity index (χ4n) is 3.47. The molecule has 0 aromatic heterocycles. The van der Waals surface area contributed by atoms with Crippen molar-refractivity contribution in [2.24, 2.45) is 0 Å². The van der Waals surface area contributed by atoms with Crippen LogP contribution in [0.2, 0.25) is 0 Å². The summed E-state index contributed by atoms with van der Waals surface area (Å²) in [6.07, 6.45) is 4.85. The van der Waals surface area contributed by atoms with Crippen molar-refractivity contribution in [2.75, 3.05) is 19.6 Å². The van der Waals surface area contributed by atoms with Gasteiger partial charge in [0.25, 0.3) is 0 Å². The van der Waals surface area contributed by atoms with Crippen LogP contribution in [0.1, 0.15) is 31.2 Å². The summed E-state index contributed by atoms with van der Waals surface area (Å²) < 4.78 is 0. The topological polar surface area (TPSA) is 44.4 Å². The van der Waals surface area contributed by atoms with Gasteiger partial charge in [-0.15, -0.1) is 0 Å². The Balaban J connectivity index is 1.41. The van der Waals surface area contributed by atoms with E-state index in [-0.39, 0.29) is 5.91 Å². The first kappa shape index (κ1) is 14.5. The third-order valence-corrected chi connectivity index (χ3v) is 4.72. The monoisotopic (exact) mass is 287 g/mol. The van der Waals surface area contributed by atoms with Crippen LogP contribution in [0.25, 0.3) is 0 Å². The molecule has 114 valence electrons. The third kappa shape index (κ3) is 4.05. The highest BCUT2D eigenvalue weighted by molar-refractivity contribution is 5.78. The largest absolute Gasteiger partial charge is 0.354 e. The summed E-state index contributed by atoms with van der Waals surface area (Å²) in [5.41, 5.74) is 1.35. The molecule has 21 heavy (non-hydrogen) atoms. The molecular weight excluding hydrogens is 262 g/mol. The lowest BCUT2D eigenvalue weighted by molar-refractivity contribution is -0.125. The molecule has 1 aliphatic heterocycles. The van der Waals surface area contributed by atoms with Gasteiger partial charge in [-0.1, -0.05) is 30.3 Å². The molecule has 1 aromatic carbocycles. The molecule has 0 radical (unpaired) electrons. The molecular formula is C17H25N3O. The molecule has 1 heterocycles. The third-order valence-electron chi connectivity index (χ3n) is 4.72. The summed E-state index contributed by atoms with van der Waals surface area (Å²) in [7, 11) is 0. The van der Waals surface area contributed by atoms with E-state index >= 15 is 0 Å². The van der Waals surface area contributed by atoms with Gasteiger partial charge in [-0.05, 0) is 31.2 Å². The Labute approximate surface area is 126 Å². The molecule has 1 saturated heterocycles. The van der Waals surface area contributed by atoms with Crippen LogP contribution >= 0.6 is 0 Å². The highest BCUT2D eigenvalue weighted by Crippen LogP contribution is 2.23. The van der Waals surface area contributed by atoms with Crippen molar-refractivity contribution < 1.29 is 4.79 Å². The Hall–Kier alpha value is -1.39. The van der Waals surface area contributed by atoms with Gasteiger partial charge in [0.05, 0.1) is 6.54 Å². The normalized spacial score (nSPS) is 27.3. The molecule has 1 saturated carbocycles. The lowest BCUT2D eigenvalue weighted by Crippen LogP contribution is -2.53. The van der Waals surface area contributed by atoms with Gasteiger partial charge < -0.3 is 10.6 Å². The highest BCUT2D eigenvalue weighted by atomic mass is 16.2. The highest BCUT2D eigenvalue weighted by Gasteiger charge is 2.28. The minimum atomic E-state index is 0.186. The summed E-state index contributed by atoms with van der Waals surface area (Å²) in [4.78, 5) is 13.8. The number of carbonyl (C=O) groups excluding carboxylic acids is 1. The van der Waals surface area contributed by atoms with Crippen molar-refractivity contribution >= 4 is 5.91 Å². The van der Waals surface area contributed by atoms with Crippen LogP contribution in [0.15, 0.2) is 30.3 Å². The molecule has 1 aromatic rings. The first-order valence-corrected chi connectivity index (χ1v) is 8.09. The van der Waals surface area contributed by atoms with Crippen LogP contribution in [0.3, 0.4) is 0 Å². The second kappa shape index (κ2) is 7.05. The van der Waals surface area contributed by atoms with Gasteiger partial charge >= 0.3 is 0 Å². The maximum absolute atomic E-state index is 11.5. The van der Waals surface area contributed by atoms with Gasteiger partial charge in [-0.2, -0.15) is 0 Å². The zero-order valence-corrected chi connectivity index (χ0v) is 12.6. The van der Waals surface area contributed by atoms with E-state index in [2.05, 4.69) is 45.9 Å². The zero-order valence-electron chi connectivity index (χ0n) is 12.6. The van der Waals surface area contributed by atoms with Crippen LogP contribution in [0, 0.1) is 0 Å². The molecule has 1 amide bonds. The molecule has 0 spiro atoms. The number of carbonyl (C=O) groups is 1. The lowest BCUT2D eigenvalue weighted by atomic mass is 9.89. The van der Waals surface area contributed by atoms with E-state index in [9.17, 15) is 4.79 Å². The number of rotatable bonds is 4. The van der Waals surface area contributed by atoms with Crippen molar-refractivity contribution in [3.8, 4) is 0 Å². The number of nitrogens with one attached hydrogen (secondary N) is 2. The van der Waals surface area contributed by atoms with Gasteiger partial charge in [0.15, 0.2) is 0 Å². The smallest absolute Gasteiger partial charge is 0.234 e. The summed E-state index contributed by atoms with van der Waals surface area (Å²) in [5, 5.41) is 6.58. The Morgan fingerprint density at radius 3 is 2.62 bits per heavy atom. The van der Waals surface area contributed by atoms with E-state index in [1.807, 2.05) is 0 Å². The Morgan fingerprint density at radius 1 is 1.14 bits per heavy atom. The second-order valence-corrected chi connectivity index (χ2v) is 6.19. The predicted molar refractivity (Wildman–Crippen MR) is 83.9 cm³/mol. The maximum Gasteiger partial charge on any atom is 0.234 e. The SMILES string of the molecule is O=C1CN(C2CCC(NCc3ccccc3)CC2)CCN1. The summed E-state index contributed by atoms with van der Waals surface area (Å²) in [6, 6.07) is 11.8. The Kier molecular flexibility index (Phi) is 4.88. The van der Waals surface area contributed by atoms with Gasteiger partial charge in [-0.25, -0.2) is 0 Å². The predicted octanol–water partition coefficient (Wildman–Crippen LogP) is 1.52. The van der Waals surface area contributed by atoms with E-state index in [1.54, 1.807) is 0 Å². The van der Waals surface area contributed by atoms with Gasteiger partial charge in [0, 0.05) is 31.7 Å². The average Bonchev–Trinajstić information content (AvgIpc) is 2.54. The molecule has 4 heteroatoms. The van der Waals surface area contributed by atoms with E-state index in [0.717, 1.165) is 19.6 Å². The number of hydrogen-bond acceptors (Lipinski definition) is 3. The van der Waals surface area contributed by atoms with Crippen molar-refractivity contribution in [2.45, 2.75) is 44.3 Å². The van der Waals surface area contributed by atoms with E-state index in [4.69, 9.17) is 0 Å². The van der Waals surface area contributed by atoms with Crippen LogP contribution in [0.5, 0.6) is 0 Å². The quantitative estimate of drug-likeness (QED) is 0.882. The molecule has 0 bridgehead atoms. The standard InChI is InChI=1S/C17H25N3O/c21-17-13-20(11-10-18-17)16-8-6-15(7-9-16)19-12-14-4-2-1-3-5-14/h1-5,15-16,19H,6-13H2,(H,18,21). The van der Waals surface area contributed by atoms with E-state index in [0.29, 0.717) is 18.6 Å². The van der Waals surface area contributed by atoms with Gasteiger partial charge in [-0.3, -0.25) is 9.69 Å². The van der Waals surface area contributed by atoms with E-state index in [1.165, 1.54) is 31.2 Å². The van der Waals surface area contributed by atoms with Gasteiger partial charge in [0.2, 0.25) is 5.91 Å². The van der Waals surface area contributed by atoms with E-state index < -0.39 is 0 Å². The maximum atomic E-state index is 11.5. The summed E-state index contributed by atoms with van der Waals surface area (Å²) >= 11 is 0. The second-order valence-electron chi connectivity index (χ2n) is 6.19. The molecule has 0 unspecified atom stereocenters. The average molecular weight is 287 g/mol. The van der Waals surface area contributed by atoms with Crippen molar-refractivity contribution in [1.29, 1.82) is 0 Å². The number of hydrogen-bond donors (Lipinski definition) is 2. The fourth-order valence-corrected chi connectivity index (χ4v) is 3.47. The fraction of sp³-hybridized carbons (Fsp3) is 0.588. The van der Waals surface area contributed by atoms with Crippen molar-refractivity contribution in [3.63, 3.8) is 0 Å². The van der Waals surface area contributed by atoms with Crippen LogP contribution in [0.4, 0.5) is 0 Å².